The summed E-state index contributed by atoms with van der Waals surface area (Å²) in [6.45, 7) is 5.01. The average molecular weight is 253 g/mol. The first kappa shape index (κ1) is 14.5. The molecule has 0 unspecified atom stereocenters. The molecule has 0 saturated carbocycles. The van der Waals surface area contributed by atoms with Gasteiger partial charge in [-0.25, -0.2) is 0 Å². The SMILES string of the molecule is CCN(/C=C(/C#N)C(=O)N1CCOCC1)CCO. The van der Waals surface area contributed by atoms with Crippen molar-refractivity contribution in [3.8, 4) is 6.07 Å². The van der Waals surface area contributed by atoms with Crippen molar-refractivity contribution in [2.45, 2.75) is 6.92 Å². The summed E-state index contributed by atoms with van der Waals surface area (Å²) in [4.78, 5) is 15.4. The molecule has 0 radical (unpaired) electrons. The molecule has 6 nitrogen and oxygen atoms in total. The molecule has 1 N–H and O–H groups in total. The van der Waals surface area contributed by atoms with Gasteiger partial charge in [-0.05, 0) is 6.92 Å². The predicted molar refractivity (Wildman–Crippen MR) is 65.4 cm³/mol. The molecule has 100 valence electrons. The van der Waals surface area contributed by atoms with Crippen LogP contribution in [0.25, 0.3) is 0 Å². The third-order valence-corrected chi connectivity index (χ3v) is 2.75. The summed E-state index contributed by atoms with van der Waals surface area (Å²) in [5, 5.41) is 17.9. The number of aliphatic hydroxyl groups is 1. The lowest BCUT2D eigenvalue weighted by Gasteiger charge is -2.27. The van der Waals surface area contributed by atoms with Gasteiger partial charge in [-0.2, -0.15) is 5.26 Å². The normalized spacial score (nSPS) is 16.3. The van der Waals surface area contributed by atoms with Crippen LogP contribution in [0.1, 0.15) is 6.92 Å². The van der Waals surface area contributed by atoms with Crippen LogP contribution >= 0.6 is 0 Å². The van der Waals surface area contributed by atoms with E-state index in [1.54, 1.807) is 9.80 Å². The lowest BCUT2D eigenvalue weighted by atomic mass is 10.2. The van der Waals surface area contributed by atoms with Crippen LogP contribution in [0.2, 0.25) is 0 Å². The van der Waals surface area contributed by atoms with Crippen molar-refractivity contribution < 1.29 is 14.6 Å². The Morgan fingerprint density at radius 1 is 1.56 bits per heavy atom. The second kappa shape index (κ2) is 7.69. The largest absolute Gasteiger partial charge is 0.395 e. The Kier molecular flexibility index (Phi) is 6.19. The van der Waals surface area contributed by atoms with E-state index in [1.807, 2.05) is 13.0 Å². The molecule has 0 aromatic carbocycles. The van der Waals surface area contributed by atoms with Gasteiger partial charge in [0.15, 0.2) is 0 Å². The molecule has 1 aliphatic heterocycles. The summed E-state index contributed by atoms with van der Waals surface area (Å²) >= 11 is 0. The highest BCUT2D eigenvalue weighted by atomic mass is 16.5. The molecule has 0 atom stereocenters. The lowest BCUT2D eigenvalue weighted by molar-refractivity contribution is -0.130. The molecular weight excluding hydrogens is 234 g/mol. The Morgan fingerprint density at radius 3 is 2.72 bits per heavy atom. The van der Waals surface area contributed by atoms with Gasteiger partial charge in [0.2, 0.25) is 0 Å². The summed E-state index contributed by atoms with van der Waals surface area (Å²) in [5.41, 5.74) is 0.104. The molecule has 1 amide bonds. The number of hydrogen-bond donors (Lipinski definition) is 1. The monoisotopic (exact) mass is 253 g/mol. The molecule has 1 saturated heterocycles. The smallest absolute Gasteiger partial charge is 0.266 e. The molecule has 0 aromatic heterocycles. The van der Waals surface area contributed by atoms with Crippen LogP contribution in [0, 0.1) is 11.3 Å². The second-order valence-corrected chi connectivity index (χ2v) is 3.91. The summed E-state index contributed by atoms with van der Waals surface area (Å²) in [6, 6.07) is 1.93. The van der Waals surface area contributed by atoms with Crippen LogP contribution in [0.5, 0.6) is 0 Å². The number of morpholine rings is 1. The number of aliphatic hydroxyl groups excluding tert-OH is 1. The fraction of sp³-hybridized carbons (Fsp3) is 0.667. The van der Waals surface area contributed by atoms with E-state index in [-0.39, 0.29) is 18.1 Å². The van der Waals surface area contributed by atoms with E-state index in [9.17, 15) is 4.79 Å². The molecule has 0 bridgehead atoms. The first-order valence-corrected chi connectivity index (χ1v) is 6.06. The van der Waals surface area contributed by atoms with E-state index in [2.05, 4.69) is 0 Å². The zero-order chi connectivity index (χ0) is 13.4. The highest BCUT2D eigenvalue weighted by molar-refractivity contribution is 5.97. The molecule has 1 fully saturated rings. The van der Waals surface area contributed by atoms with Crippen molar-refractivity contribution in [1.29, 1.82) is 5.26 Å². The summed E-state index contributed by atoms with van der Waals surface area (Å²) in [7, 11) is 0. The molecule has 6 heteroatoms. The fourth-order valence-electron chi connectivity index (χ4n) is 1.69. The fourth-order valence-corrected chi connectivity index (χ4v) is 1.69. The lowest BCUT2D eigenvalue weighted by Crippen LogP contribution is -2.41. The number of amides is 1. The van der Waals surface area contributed by atoms with E-state index in [4.69, 9.17) is 15.1 Å². The minimum atomic E-state index is -0.266. The quantitative estimate of drug-likeness (QED) is 0.531. The Hall–Kier alpha value is -1.58. The van der Waals surface area contributed by atoms with Crippen molar-refractivity contribution in [1.82, 2.24) is 9.80 Å². The molecule has 18 heavy (non-hydrogen) atoms. The highest BCUT2D eigenvalue weighted by Gasteiger charge is 2.21. The number of likely N-dealkylation sites (N-methyl/N-ethyl adjacent to an activating group) is 1. The van der Waals surface area contributed by atoms with Gasteiger partial charge in [0.25, 0.3) is 5.91 Å². The van der Waals surface area contributed by atoms with Gasteiger partial charge in [0.1, 0.15) is 11.6 Å². The molecular formula is C12H19N3O3. The van der Waals surface area contributed by atoms with Gasteiger partial charge in [-0.1, -0.05) is 0 Å². The maximum atomic E-state index is 12.1. The Bertz CT molecular complexity index is 343. The van der Waals surface area contributed by atoms with Crippen LogP contribution in [0.4, 0.5) is 0 Å². The third-order valence-electron chi connectivity index (χ3n) is 2.75. The van der Waals surface area contributed by atoms with Gasteiger partial charge < -0.3 is 19.6 Å². The van der Waals surface area contributed by atoms with Gasteiger partial charge in [-0.15, -0.1) is 0 Å². The van der Waals surface area contributed by atoms with Gasteiger partial charge in [0.05, 0.1) is 19.8 Å². The van der Waals surface area contributed by atoms with Crippen molar-refractivity contribution in [3.63, 3.8) is 0 Å². The number of carbonyl (C=O) groups is 1. The van der Waals surface area contributed by atoms with Crippen molar-refractivity contribution in [2.24, 2.45) is 0 Å². The predicted octanol–water partition coefficient (Wildman–Crippen LogP) is -0.433. The van der Waals surface area contributed by atoms with Crippen LogP contribution in [-0.2, 0) is 9.53 Å². The summed E-state index contributed by atoms with van der Waals surface area (Å²) in [6.07, 6.45) is 1.52. The molecule has 1 aliphatic rings. The van der Waals surface area contributed by atoms with Gasteiger partial charge >= 0.3 is 0 Å². The Morgan fingerprint density at radius 2 is 2.22 bits per heavy atom. The number of ether oxygens (including phenoxy) is 1. The first-order valence-electron chi connectivity index (χ1n) is 6.06. The molecule has 0 spiro atoms. The molecule has 1 heterocycles. The van der Waals surface area contributed by atoms with Crippen LogP contribution in [0.15, 0.2) is 11.8 Å². The standard InChI is InChI=1S/C12H19N3O3/c1-2-14(3-6-16)10-11(9-13)12(17)15-4-7-18-8-5-15/h10,16H,2-8H2,1H3/b11-10-. The van der Waals surface area contributed by atoms with E-state index in [0.717, 1.165) is 0 Å². The van der Waals surface area contributed by atoms with E-state index in [0.29, 0.717) is 39.4 Å². The molecule has 1 rings (SSSR count). The zero-order valence-electron chi connectivity index (χ0n) is 10.6. The maximum Gasteiger partial charge on any atom is 0.266 e. The van der Waals surface area contributed by atoms with Gasteiger partial charge in [0, 0.05) is 32.4 Å². The van der Waals surface area contributed by atoms with Crippen molar-refractivity contribution in [2.75, 3.05) is 46.0 Å². The highest BCUT2D eigenvalue weighted by Crippen LogP contribution is 2.06. The maximum absolute atomic E-state index is 12.1. The van der Waals surface area contributed by atoms with Gasteiger partial charge in [-0.3, -0.25) is 4.79 Å². The van der Waals surface area contributed by atoms with Crippen LogP contribution < -0.4 is 0 Å². The number of hydrogen-bond acceptors (Lipinski definition) is 5. The number of nitriles is 1. The minimum absolute atomic E-state index is 0.00517. The van der Waals surface area contributed by atoms with E-state index >= 15 is 0 Å². The van der Waals surface area contributed by atoms with E-state index < -0.39 is 0 Å². The number of nitrogens with zero attached hydrogens (tertiary/aromatic N) is 3. The van der Waals surface area contributed by atoms with E-state index in [1.165, 1.54) is 6.20 Å². The first-order chi connectivity index (χ1) is 8.72. The zero-order valence-corrected chi connectivity index (χ0v) is 10.6. The Balaban J connectivity index is 2.71. The summed E-state index contributed by atoms with van der Waals surface area (Å²) < 4.78 is 5.16. The average Bonchev–Trinajstić information content (AvgIpc) is 2.43. The number of rotatable bonds is 5. The second-order valence-electron chi connectivity index (χ2n) is 3.91. The van der Waals surface area contributed by atoms with Crippen LogP contribution in [-0.4, -0.2) is 66.8 Å². The topological polar surface area (TPSA) is 76.8 Å². The van der Waals surface area contributed by atoms with Crippen LogP contribution in [0.3, 0.4) is 0 Å². The molecule has 0 aromatic rings. The van der Waals surface area contributed by atoms with Crippen molar-refractivity contribution in [3.05, 3.63) is 11.8 Å². The minimum Gasteiger partial charge on any atom is -0.395 e. The third kappa shape index (κ3) is 4.02. The summed E-state index contributed by atoms with van der Waals surface area (Å²) in [5.74, 6) is -0.266. The molecule has 0 aliphatic carbocycles. The van der Waals surface area contributed by atoms with Crippen molar-refractivity contribution >= 4 is 5.91 Å². The Labute approximate surface area is 107 Å². The number of carbonyl (C=O) groups excluding carboxylic acids is 1.